The second-order valence-corrected chi connectivity index (χ2v) is 10.6. The minimum Gasteiger partial charge on any atom is -0.454 e. The van der Waals surface area contributed by atoms with Gasteiger partial charge in [-0.15, -0.1) is 0 Å². The number of carbonyl (C=O) groups excluding carboxylic acids is 2. The van der Waals surface area contributed by atoms with Gasteiger partial charge in [-0.1, -0.05) is 54.7 Å². The number of fused-ring (bicyclic) bond motifs is 1. The molecule has 5 rings (SSSR count). The second-order valence-electron chi connectivity index (χ2n) is 8.96. The molecule has 0 spiro atoms. The minimum absolute atomic E-state index is 0.0602. The van der Waals surface area contributed by atoms with Crippen LogP contribution in [0.5, 0.6) is 11.5 Å². The number of amides is 2. The molecule has 0 bridgehead atoms. The zero-order chi connectivity index (χ0) is 24.9. The van der Waals surface area contributed by atoms with Crippen molar-refractivity contribution in [2.75, 3.05) is 44.4 Å². The van der Waals surface area contributed by atoms with E-state index in [1.54, 1.807) is 4.90 Å². The lowest BCUT2D eigenvalue weighted by molar-refractivity contribution is -0.131. The number of carbonyl (C=O) groups is 2. The van der Waals surface area contributed by atoms with Crippen LogP contribution >= 0.6 is 24.0 Å². The van der Waals surface area contributed by atoms with Gasteiger partial charge in [0.15, 0.2) is 11.5 Å². The van der Waals surface area contributed by atoms with Crippen molar-refractivity contribution < 1.29 is 19.1 Å². The third-order valence-corrected chi connectivity index (χ3v) is 7.97. The predicted molar refractivity (Wildman–Crippen MR) is 146 cm³/mol. The lowest BCUT2D eigenvalue weighted by Gasteiger charge is -2.36. The molecule has 2 aromatic carbocycles. The van der Waals surface area contributed by atoms with Gasteiger partial charge in [0.25, 0.3) is 5.91 Å². The Morgan fingerprint density at radius 2 is 1.75 bits per heavy atom. The number of rotatable bonds is 8. The van der Waals surface area contributed by atoms with Crippen molar-refractivity contribution in [2.24, 2.45) is 0 Å². The molecule has 9 heteroatoms. The van der Waals surface area contributed by atoms with E-state index in [1.807, 2.05) is 47.4 Å². The molecule has 0 saturated carbocycles. The summed E-state index contributed by atoms with van der Waals surface area (Å²) < 4.78 is 11.3. The van der Waals surface area contributed by atoms with Crippen LogP contribution in [0.3, 0.4) is 0 Å². The average Bonchev–Trinajstić information content (AvgIpc) is 3.48. The molecule has 7 nitrogen and oxygen atoms in total. The maximum Gasteiger partial charge on any atom is 0.266 e. The van der Waals surface area contributed by atoms with Crippen LogP contribution in [0.2, 0.25) is 0 Å². The summed E-state index contributed by atoms with van der Waals surface area (Å²) in [6, 6.07) is 16.0. The normalized spacial score (nSPS) is 18.4. The van der Waals surface area contributed by atoms with E-state index < -0.39 is 0 Å². The first-order chi connectivity index (χ1) is 17.6. The largest absolute Gasteiger partial charge is 0.454 e. The number of anilines is 1. The van der Waals surface area contributed by atoms with Gasteiger partial charge >= 0.3 is 0 Å². The Balaban J connectivity index is 1.03. The van der Waals surface area contributed by atoms with Gasteiger partial charge in [0.1, 0.15) is 4.32 Å². The molecule has 2 saturated heterocycles. The lowest BCUT2D eigenvalue weighted by Crippen LogP contribution is -2.48. The lowest BCUT2D eigenvalue weighted by atomic mass is 10.1. The van der Waals surface area contributed by atoms with Gasteiger partial charge in [0, 0.05) is 44.8 Å². The van der Waals surface area contributed by atoms with E-state index in [0.29, 0.717) is 33.7 Å². The first kappa shape index (κ1) is 24.6. The van der Waals surface area contributed by atoms with Crippen molar-refractivity contribution in [1.82, 2.24) is 9.80 Å². The van der Waals surface area contributed by atoms with Crippen LogP contribution < -0.4 is 14.4 Å². The monoisotopic (exact) mass is 523 g/mol. The molecule has 2 fully saturated rings. The number of nitrogens with zero attached hydrogens (tertiary/aromatic N) is 3. The molecule has 0 radical (unpaired) electrons. The second kappa shape index (κ2) is 11.3. The SMILES string of the molecule is O=C(CCCCCN1C(=O)/C(=C/c2ccc3c(c2)OCO3)SC1=S)N1CCN(c2ccccc2)CC1. The topological polar surface area (TPSA) is 62.3 Å². The van der Waals surface area contributed by atoms with Crippen LogP contribution in [0.1, 0.15) is 31.2 Å². The minimum atomic E-state index is -0.0602. The van der Waals surface area contributed by atoms with Gasteiger partial charge in [0.2, 0.25) is 12.7 Å². The molecule has 0 N–H and O–H groups in total. The molecule has 3 aliphatic heterocycles. The van der Waals surface area contributed by atoms with Gasteiger partial charge in [-0.05, 0) is 48.7 Å². The Morgan fingerprint density at radius 3 is 2.56 bits per heavy atom. The fraction of sp³-hybridized carbons (Fsp3) is 0.370. The first-order valence-corrected chi connectivity index (χ1v) is 13.5. The molecule has 0 aliphatic carbocycles. The zero-order valence-corrected chi connectivity index (χ0v) is 21.7. The van der Waals surface area contributed by atoms with Gasteiger partial charge in [-0.25, -0.2) is 0 Å². The van der Waals surface area contributed by atoms with E-state index in [-0.39, 0.29) is 18.6 Å². The number of hydrogen-bond donors (Lipinski definition) is 0. The van der Waals surface area contributed by atoms with Crippen LogP contribution in [0.4, 0.5) is 5.69 Å². The third kappa shape index (κ3) is 5.68. The summed E-state index contributed by atoms with van der Waals surface area (Å²) >= 11 is 6.79. The maximum absolute atomic E-state index is 12.9. The van der Waals surface area contributed by atoms with Crippen molar-refractivity contribution in [2.45, 2.75) is 25.7 Å². The van der Waals surface area contributed by atoms with Gasteiger partial charge in [0.05, 0.1) is 4.91 Å². The maximum atomic E-state index is 12.9. The van der Waals surface area contributed by atoms with E-state index in [1.165, 1.54) is 17.4 Å². The molecule has 2 amide bonds. The smallest absolute Gasteiger partial charge is 0.266 e. The number of thioether (sulfide) groups is 1. The molecule has 2 aromatic rings. The number of benzene rings is 2. The molecule has 36 heavy (non-hydrogen) atoms. The van der Waals surface area contributed by atoms with E-state index in [9.17, 15) is 9.59 Å². The molecule has 0 aromatic heterocycles. The third-order valence-electron chi connectivity index (χ3n) is 6.59. The highest BCUT2D eigenvalue weighted by molar-refractivity contribution is 8.26. The molecule has 0 unspecified atom stereocenters. The Hall–Kier alpha value is -3.04. The number of hydrogen-bond acceptors (Lipinski definition) is 7. The zero-order valence-electron chi connectivity index (χ0n) is 20.1. The highest BCUT2D eigenvalue weighted by Gasteiger charge is 2.31. The Labute approximate surface area is 221 Å². The van der Waals surface area contributed by atoms with E-state index in [4.69, 9.17) is 21.7 Å². The first-order valence-electron chi connectivity index (χ1n) is 12.3. The Morgan fingerprint density at radius 1 is 0.972 bits per heavy atom. The molecule has 3 heterocycles. The molecule has 188 valence electrons. The Bertz CT molecular complexity index is 1160. The summed E-state index contributed by atoms with van der Waals surface area (Å²) in [5, 5.41) is 0. The fourth-order valence-electron chi connectivity index (χ4n) is 4.58. The van der Waals surface area contributed by atoms with Crippen molar-refractivity contribution in [3.8, 4) is 11.5 Å². The van der Waals surface area contributed by atoms with Crippen LogP contribution in [0, 0.1) is 0 Å². The number of unbranched alkanes of at least 4 members (excludes halogenated alkanes) is 2. The van der Waals surface area contributed by atoms with E-state index in [0.717, 1.165) is 51.0 Å². The Kier molecular flexibility index (Phi) is 7.77. The number of thiocarbonyl (C=S) groups is 1. The summed E-state index contributed by atoms with van der Waals surface area (Å²) in [7, 11) is 0. The summed E-state index contributed by atoms with van der Waals surface area (Å²) in [4.78, 5) is 32.1. The number of para-hydroxylation sites is 1. The summed E-state index contributed by atoms with van der Waals surface area (Å²) in [5.41, 5.74) is 2.09. The van der Waals surface area contributed by atoms with Crippen LogP contribution in [-0.4, -0.2) is 65.5 Å². The fourth-order valence-corrected chi connectivity index (χ4v) is 5.89. The van der Waals surface area contributed by atoms with Gasteiger partial charge in [-0.2, -0.15) is 0 Å². The summed E-state index contributed by atoms with van der Waals surface area (Å²) in [5.74, 6) is 1.56. The van der Waals surface area contributed by atoms with Crippen molar-refractivity contribution in [3.63, 3.8) is 0 Å². The quantitative estimate of drug-likeness (QED) is 0.286. The highest BCUT2D eigenvalue weighted by atomic mass is 32.2. The van der Waals surface area contributed by atoms with Gasteiger partial charge in [-0.3, -0.25) is 14.5 Å². The summed E-state index contributed by atoms with van der Waals surface area (Å²) in [6.45, 7) is 4.05. The van der Waals surface area contributed by atoms with E-state index in [2.05, 4.69) is 17.0 Å². The average molecular weight is 524 g/mol. The van der Waals surface area contributed by atoms with Crippen LogP contribution in [0.15, 0.2) is 53.4 Å². The molecular weight excluding hydrogens is 494 g/mol. The van der Waals surface area contributed by atoms with Crippen molar-refractivity contribution in [1.29, 1.82) is 0 Å². The molecular formula is C27H29N3O4S2. The summed E-state index contributed by atoms with van der Waals surface area (Å²) in [6.07, 6.45) is 4.91. The van der Waals surface area contributed by atoms with Gasteiger partial charge < -0.3 is 19.3 Å². The molecule has 3 aliphatic rings. The number of piperazine rings is 1. The number of ether oxygens (including phenoxy) is 2. The van der Waals surface area contributed by atoms with Crippen LogP contribution in [-0.2, 0) is 9.59 Å². The standard InChI is InChI=1S/C27H29N3O4S2/c31-25(29-15-13-28(14-16-29)21-7-3-1-4-8-21)9-5-2-6-12-30-26(32)24(36-27(30)35)18-20-10-11-22-23(17-20)34-19-33-22/h1,3-4,7-8,10-11,17-18H,2,5-6,9,12-16,19H2/b24-18-. The highest BCUT2D eigenvalue weighted by Crippen LogP contribution is 2.36. The van der Waals surface area contributed by atoms with Crippen LogP contribution in [0.25, 0.3) is 6.08 Å². The van der Waals surface area contributed by atoms with Crippen molar-refractivity contribution >= 4 is 51.9 Å². The van der Waals surface area contributed by atoms with E-state index >= 15 is 0 Å². The molecule has 0 atom stereocenters. The van der Waals surface area contributed by atoms with Crippen molar-refractivity contribution in [3.05, 3.63) is 59.0 Å². The predicted octanol–water partition coefficient (Wildman–Crippen LogP) is 4.53.